The number of carbonyl (C=O) groups is 1. The Balaban J connectivity index is 1.76. The van der Waals surface area contributed by atoms with Crippen LogP contribution in [0.5, 0.6) is 0 Å². The van der Waals surface area contributed by atoms with Crippen LogP contribution in [-0.4, -0.2) is 16.1 Å². The Kier molecular flexibility index (Phi) is 6.42. The van der Waals surface area contributed by atoms with E-state index in [1.54, 1.807) is 22.9 Å². The van der Waals surface area contributed by atoms with Gasteiger partial charge in [-0.25, -0.2) is 4.39 Å². The third-order valence-electron chi connectivity index (χ3n) is 5.44. The second-order valence-electron chi connectivity index (χ2n) is 8.07. The molecule has 1 atom stereocenters. The van der Waals surface area contributed by atoms with Gasteiger partial charge in [-0.15, -0.1) is 21.5 Å². The third-order valence-corrected chi connectivity index (χ3v) is 7.65. The summed E-state index contributed by atoms with van der Waals surface area (Å²) in [5.74, 6) is -0.919. The molecule has 2 aromatic heterocycles. The summed E-state index contributed by atoms with van der Waals surface area (Å²) in [7, 11) is 0. The van der Waals surface area contributed by atoms with Crippen LogP contribution in [0.3, 0.4) is 0 Å². The molecule has 0 saturated heterocycles. The van der Waals surface area contributed by atoms with E-state index >= 15 is 0 Å². The molecule has 1 N–H and O–H groups in total. The van der Waals surface area contributed by atoms with E-state index in [4.69, 9.17) is 11.6 Å². The minimum Gasteiger partial charge on any atom is -0.300 e. The molecule has 4 nitrogen and oxygen atoms in total. The van der Waals surface area contributed by atoms with Crippen molar-refractivity contribution >= 4 is 45.3 Å². The van der Waals surface area contributed by atoms with Crippen molar-refractivity contribution in [1.29, 1.82) is 0 Å². The highest BCUT2D eigenvalue weighted by molar-refractivity contribution is 7.15. The number of halogens is 2. The molecule has 0 fully saturated rings. The molecule has 0 aliphatic heterocycles. The van der Waals surface area contributed by atoms with Crippen LogP contribution in [-0.2, 0) is 4.79 Å². The van der Waals surface area contributed by atoms with Crippen molar-refractivity contribution in [3.8, 4) is 10.4 Å². The monoisotopic (exact) mass is 485 g/mol. The first-order chi connectivity index (χ1) is 15.3. The highest BCUT2D eigenvalue weighted by atomic mass is 35.5. The smallest absolute Gasteiger partial charge is 0.232 e. The molecule has 2 aromatic carbocycles. The van der Waals surface area contributed by atoms with Crippen LogP contribution in [0.1, 0.15) is 35.8 Å². The number of carbonyl (C=O) groups excluding carboxylic acids is 1. The van der Waals surface area contributed by atoms with Gasteiger partial charge in [0.1, 0.15) is 11.3 Å². The average Bonchev–Trinajstić information content (AvgIpc) is 3.42. The topological polar surface area (TPSA) is 54.9 Å². The van der Waals surface area contributed by atoms with Gasteiger partial charge in [0.25, 0.3) is 0 Å². The number of anilines is 1. The first-order valence-corrected chi connectivity index (χ1v) is 12.0. The summed E-state index contributed by atoms with van der Waals surface area (Å²) < 4.78 is 14.2. The highest BCUT2D eigenvalue weighted by Crippen LogP contribution is 2.46. The maximum atomic E-state index is 14.2. The molecule has 4 rings (SSSR count). The number of hydrogen-bond donors (Lipinski definition) is 1. The molecule has 8 heteroatoms. The number of nitrogens with one attached hydrogen (secondary N) is 1. The van der Waals surface area contributed by atoms with Crippen LogP contribution in [0, 0.1) is 18.2 Å². The molecule has 32 heavy (non-hydrogen) atoms. The predicted molar refractivity (Wildman–Crippen MR) is 130 cm³/mol. The Hall–Kier alpha value is -2.61. The van der Waals surface area contributed by atoms with E-state index in [1.807, 2.05) is 57.2 Å². The van der Waals surface area contributed by atoms with Gasteiger partial charge < -0.3 is 5.32 Å². The molecule has 0 aliphatic carbocycles. The molecule has 0 unspecified atom stereocenters. The zero-order valence-electron chi connectivity index (χ0n) is 17.7. The summed E-state index contributed by atoms with van der Waals surface area (Å²) >= 11 is 9.16. The first-order valence-electron chi connectivity index (χ1n) is 9.95. The molecular weight excluding hydrogens is 465 g/mol. The third kappa shape index (κ3) is 4.60. The second-order valence-corrected chi connectivity index (χ2v) is 10.4. The standard InChI is InChI=1S/C24H21ClFN3OS2/c1-14-7-8-15(12-18(14)25)19-9-10-20(32-19)21(16-5-4-6-17(26)11-16)24(2,3)22(30)28-23-29-27-13-31-23/h4-13,21H,1-3H3,(H,28,29,30)/t21-/m0/s1. The van der Waals surface area contributed by atoms with Gasteiger partial charge in [0, 0.05) is 20.7 Å². The molecule has 0 radical (unpaired) electrons. The lowest BCUT2D eigenvalue weighted by Crippen LogP contribution is -2.36. The van der Waals surface area contributed by atoms with E-state index in [9.17, 15) is 9.18 Å². The highest BCUT2D eigenvalue weighted by Gasteiger charge is 2.40. The maximum Gasteiger partial charge on any atom is 0.232 e. The van der Waals surface area contributed by atoms with Gasteiger partial charge in [0.05, 0.1) is 5.41 Å². The van der Waals surface area contributed by atoms with Crippen molar-refractivity contribution in [2.75, 3.05) is 5.32 Å². The first kappa shape index (κ1) is 22.6. The molecule has 0 aliphatic rings. The fourth-order valence-corrected chi connectivity index (χ4v) is 5.59. The SMILES string of the molecule is Cc1ccc(-c2ccc([C@H](c3cccc(F)c3)C(C)(C)C(=O)Nc3nncs3)s2)cc1Cl. The van der Waals surface area contributed by atoms with Gasteiger partial charge >= 0.3 is 0 Å². The zero-order chi connectivity index (χ0) is 22.9. The van der Waals surface area contributed by atoms with Gasteiger partial charge in [-0.1, -0.05) is 61.1 Å². The van der Waals surface area contributed by atoms with Crippen molar-refractivity contribution in [1.82, 2.24) is 10.2 Å². The Morgan fingerprint density at radius 3 is 2.66 bits per heavy atom. The van der Waals surface area contributed by atoms with Crippen molar-refractivity contribution in [2.45, 2.75) is 26.7 Å². The van der Waals surface area contributed by atoms with Crippen LogP contribution < -0.4 is 5.32 Å². The van der Waals surface area contributed by atoms with Crippen LogP contribution in [0.25, 0.3) is 10.4 Å². The Bertz CT molecular complexity index is 1250. The normalized spacial score (nSPS) is 12.5. The molecule has 0 bridgehead atoms. The van der Waals surface area contributed by atoms with Gasteiger partial charge in [-0.2, -0.15) is 0 Å². The fraction of sp³-hybridized carbons (Fsp3) is 0.208. The van der Waals surface area contributed by atoms with E-state index in [1.165, 1.54) is 23.5 Å². The van der Waals surface area contributed by atoms with Gasteiger partial charge in [-0.3, -0.25) is 4.79 Å². The van der Waals surface area contributed by atoms with E-state index in [2.05, 4.69) is 15.5 Å². The molecule has 0 saturated carbocycles. The lowest BCUT2D eigenvalue weighted by atomic mass is 9.73. The largest absolute Gasteiger partial charge is 0.300 e. The minimum absolute atomic E-state index is 0.211. The van der Waals surface area contributed by atoms with E-state index in [-0.39, 0.29) is 17.6 Å². The molecular formula is C24H21ClFN3OS2. The molecule has 2 heterocycles. The van der Waals surface area contributed by atoms with Crippen molar-refractivity contribution in [3.05, 3.63) is 87.0 Å². The molecule has 0 spiro atoms. The number of thiophene rings is 1. The summed E-state index contributed by atoms with van der Waals surface area (Å²) in [6.07, 6.45) is 0. The fourth-order valence-electron chi connectivity index (χ4n) is 3.65. The van der Waals surface area contributed by atoms with E-state index in [0.29, 0.717) is 10.2 Å². The van der Waals surface area contributed by atoms with Gasteiger partial charge in [0.2, 0.25) is 11.0 Å². The second kappa shape index (κ2) is 9.10. The molecule has 164 valence electrons. The molecule has 4 aromatic rings. The van der Waals surface area contributed by atoms with Crippen molar-refractivity contribution < 1.29 is 9.18 Å². The van der Waals surface area contributed by atoms with Gasteiger partial charge in [-0.05, 0) is 53.9 Å². The Labute approximate surface area is 199 Å². The van der Waals surface area contributed by atoms with Crippen LogP contribution >= 0.6 is 34.3 Å². The van der Waals surface area contributed by atoms with Crippen molar-refractivity contribution in [3.63, 3.8) is 0 Å². The van der Waals surface area contributed by atoms with Crippen LogP contribution in [0.2, 0.25) is 5.02 Å². The number of nitrogens with zero attached hydrogens (tertiary/aromatic N) is 2. The number of hydrogen-bond acceptors (Lipinski definition) is 5. The minimum atomic E-state index is -0.896. The number of amides is 1. The lowest BCUT2D eigenvalue weighted by Gasteiger charge is -2.32. The van der Waals surface area contributed by atoms with Crippen LogP contribution in [0.4, 0.5) is 9.52 Å². The summed E-state index contributed by atoms with van der Waals surface area (Å²) in [6.45, 7) is 5.69. The van der Waals surface area contributed by atoms with E-state index < -0.39 is 5.41 Å². The number of benzene rings is 2. The quantitative estimate of drug-likeness (QED) is 0.315. The number of rotatable bonds is 6. The predicted octanol–water partition coefficient (Wildman–Crippen LogP) is 7.16. The van der Waals surface area contributed by atoms with Crippen LogP contribution in [0.15, 0.2) is 60.1 Å². The number of aromatic nitrogens is 2. The zero-order valence-corrected chi connectivity index (χ0v) is 20.1. The van der Waals surface area contributed by atoms with Gasteiger partial charge in [0.15, 0.2) is 0 Å². The average molecular weight is 486 g/mol. The summed E-state index contributed by atoms with van der Waals surface area (Å²) in [5.41, 5.74) is 3.42. The summed E-state index contributed by atoms with van der Waals surface area (Å²) in [6, 6.07) is 16.4. The number of aryl methyl sites for hydroxylation is 1. The Morgan fingerprint density at radius 1 is 1.16 bits per heavy atom. The Morgan fingerprint density at radius 2 is 1.97 bits per heavy atom. The lowest BCUT2D eigenvalue weighted by molar-refractivity contribution is -0.124. The van der Waals surface area contributed by atoms with Crippen molar-refractivity contribution in [2.24, 2.45) is 5.41 Å². The molecule has 1 amide bonds. The van der Waals surface area contributed by atoms with E-state index in [0.717, 1.165) is 26.4 Å². The summed E-state index contributed by atoms with van der Waals surface area (Å²) in [4.78, 5) is 15.3. The maximum absolute atomic E-state index is 14.2. The summed E-state index contributed by atoms with van der Waals surface area (Å²) in [5, 5.41) is 11.7.